The minimum atomic E-state index is -0.0235. The van der Waals surface area contributed by atoms with E-state index in [4.69, 9.17) is 0 Å². The summed E-state index contributed by atoms with van der Waals surface area (Å²) < 4.78 is 1.71. The lowest BCUT2D eigenvalue weighted by Gasteiger charge is -2.27. The number of nitrogens with one attached hydrogen (secondary N) is 2. The van der Waals surface area contributed by atoms with Crippen LogP contribution in [0.15, 0.2) is 17.2 Å². The molecule has 1 aliphatic rings. The zero-order valence-electron chi connectivity index (χ0n) is 11.6. The second kappa shape index (κ2) is 7.25. The summed E-state index contributed by atoms with van der Waals surface area (Å²) in [6, 6.07) is 0. The van der Waals surface area contributed by atoms with Crippen molar-refractivity contribution in [2.45, 2.75) is 19.9 Å². The average molecular weight is 265 g/mol. The SMILES string of the molecule is CCCn1ccnc(NCCN2CCNCC2)c1=O. The Morgan fingerprint density at radius 2 is 2.16 bits per heavy atom. The Balaban J connectivity index is 1.85. The topological polar surface area (TPSA) is 62.2 Å². The fraction of sp³-hybridized carbons (Fsp3) is 0.692. The number of aromatic nitrogens is 2. The third-order valence-electron chi connectivity index (χ3n) is 3.31. The largest absolute Gasteiger partial charge is 0.364 e. The van der Waals surface area contributed by atoms with Crippen molar-refractivity contribution in [3.63, 3.8) is 0 Å². The minimum Gasteiger partial charge on any atom is -0.364 e. The molecule has 1 aromatic heterocycles. The standard InChI is InChI=1S/C13H23N5O/c1-2-7-18-11-6-16-12(13(18)19)15-5-10-17-8-3-14-4-9-17/h6,11,14H,2-5,7-10H2,1H3,(H,15,16). The molecule has 0 radical (unpaired) electrons. The first-order chi connectivity index (χ1) is 9.31. The van der Waals surface area contributed by atoms with Crippen LogP contribution in [-0.4, -0.2) is 53.7 Å². The van der Waals surface area contributed by atoms with E-state index in [1.165, 1.54) is 0 Å². The molecular weight excluding hydrogens is 242 g/mol. The Kier molecular flexibility index (Phi) is 5.35. The molecule has 106 valence electrons. The van der Waals surface area contributed by atoms with Gasteiger partial charge in [-0.3, -0.25) is 9.69 Å². The van der Waals surface area contributed by atoms with Crippen molar-refractivity contribution < 1.29 is 0 Å². The molecular formula is C13H23N5O. The van der Waals surface area contributed by atoms with E-state index in [0.29, 0.717) is 5.82 Å². The number of hydrogen-bond donors (Lipinski definition) is 2. The molecule has 1 saturated heterocycles. The van der Waals surface area contributed by atoms with Gasteiger partial charge in [-0.25, -0.2) is 4.98 Å². The number of piperazine rings is 1. The van der Waals surface area contributed by atoms with Gasteiger partial charge in [0.2, 0.25) is 0 Å². The van der Waals surface area contributed by atoms with Gasteiger partial charge in [0, 0.05) is 58.2 Å². The average Bonchev–Trinajstić information content (AvgIpc) is 2.44. The maximum atomic E-state index is 12.1. The fourth-order valence-electron chi connectivity index (χ4n) is 2.25. The molecule has 6 nitrogen and oxygen atoms in total. The van der Waals surface area contributed by atoms with Crippen molar-refractivity contribution >= 4 is 5.82 Å². The van der Waals surface area contributed by atoms with Gasteiger partial charge in [0.15, 0.2) is 5.82 Å². The normalized spacial score (nSPS) is 16.5. The predicted molar refractivity (Wildman–Crippen MR) is 76.6 cm³/mol. The van der Waals surface area contributed by atoms with Gasteiger partial charge >= 0.3 is 0 Å². The van der Waals surface area contributed by atoms with E-state index >= 15 is 0 Å². The molecule has 19 heavy (non-hydrogen) atoms. The summed E-state index contributed by atoms with van der Waals surface area (Å²) in [5.74, 6) is 0.464. The lowest BCUT2D eigenvalue weighted by Crippen LogP contribution is -2.45. The lowest BCUT2D eigenvalue weighted by atomic mass is 10.3. The van der Waals surface area contributed by atoms with Crippen LogP contribution in [0.4, 0.5) is 5.82 Å². The van der Waals surface area contributed by atoms with Gasteiger partial charge in [0.1, 0.15) is 0 Å². The molecule has 2 heterocycles. The third kappa shape index (κ3) is 4.04. The van der Waals surface area contributed by atoms with Crippen LogP contribution in [0.5, 0.6) is 0 Å². The van der Waals surface area contributed by atoms with Crippen LogP contribution < -0.4 is 16.2 Å². The maximum Gasteiger partial charge on any atom is 0.293 e. The molecule has 0 unspecified atom stereocenters. The fourth-order valence-corrected chi connectivity index (χ4v) is 2.25. The van der Waals surface area contributed by atoms with E-state index in [-0.39, 0.29) is 5.56 Å². The molecule has 0 bridgehead atoms. The molecule has 1 aromatic rings. The molecule has 2 N–H and O–H groups in total. The van der Waals surface area contributed by atoms with E-state index < -0.39 is 0 Å². The van der Waals surface area contributed by atoms with E-state index in [0.717, 1.165) is 52.2 Å². The Morgan fingerprint density at radius 1 is 1.37 bits per heavy atom. The molecule has 0 spiro atoms. The smallest absolute Gasteiger partial charge is 0.293 e. The summed E-state index contributed by atoms with van der Waals surface area (Å²) in [4.78, 5) is 18.6. The van der Waals surface area contributed by atoms with Gasteiger partial charge in [-0.2, -0.15) is 0 Å². The van der Waals surface area contributed by atoms with Crippen molar-refractivity contribution in [2.24, 2.45) is 0 Å². The van der Waals surface area contributed by atoms with E-state index in [2.05, 4.69) is 27.4 Å². The highest BCUT2D eigenvalue weighted by atomic mass is 16.1. The van der Waals surface area contributed by atoms with Crippen LogP contribution in [0, 0.1) is 0 Å². The first-order valence-corrected chi connectivity index (χ1v) is 7.03. The highest BCUT2D eigenvalue weighted by molar-refractivity contribution is 5.30. The van der Waals surface area contributed by atoms with Gasteiger partial charge in [-0.05, 0) is 6.42 Å². The Labute approximate surface area is 113 Å². The predicted octanol–water partition coefficient (Wildman–Crippen LogP) is -0.0296. The summed E-state index contributed by atoms with van der Waals surface area (Å²) in [6.45, 7) is 8.76. The zero-order valence-corrected chi connectivity index (χ0v) is 11.6. The summed E-state index contributed by atoms with van der Waals surface area (Å²) in [5.41, 5.74) is -0.0235. The number of nitrogens with zero attached hydrogens (tertiary/aromatic N) is 3. The van der Waals surface area contributed by atoms with Crippen molar-refractivity contribution in [1.82, 2.24) is 19.8 Å². The summed E-state index contributed by atoms with van der Waals surface area (Å²) in [7, 11) is 0. The number of aryl methyl sites for hydroxylation is 1. The maximum absolute atomic E-state index is 12.1. The van der Waals surface area contributed by atoms with Crippen molar-refractivity contribution in [3.05, 3.63) is 22.7 Å². The number of anilines is 1. The van der Waals surface area contributed by atoms with Gasteiger partial charge in [0.05, 0.1) is 0 Å². The van der Waals surface area contributed by atoms with Crippen LogP contribution in [0.2, 0.25) is 0 Å². The summed E-state index contributed by atoms with van der Waals surface area (Å²) in [5, 5.41) is 6.48. The van der Waals surface area contributed by atoms with Crippen molar-refractivity contribution in [2.75, 3.05) is 44.6 Å². The molecule has 2 rings (SSSR count). The molecule has 6 heteroatoms. The zero-order chi connectivity index (χ0) is 13.5. The summed E-state index contributed by atoms with van der Waals surface area (Å²) >= 11 is 0. The molecule has 1 fully saturated rings. The first-order valence-electron chi connectivity index (χ1n) is 7.03. The Morgan fingerprint density at radius 3 is 2.89 bits per heavy atom. The van der Waals surface area contributed by atoms with Crippen LogP contribution in [0.25, 0.3) is 0 Å². The lowest BCUT2D eigenvalue weighted by molar-refractivity contribution is 0.249. The second-order valence-corrected chi connectivity index (χ2v) is 4.79. The van der Waals surface area contributed by atoms with Gasteiger partial charge in [-0.15, -0.1) is 0 Å². The van der Waals surface area contributed by atoms with E-state index in [1.54, 1.807) is 17.0 Å². The highest BCUT2D eigenvalue weighted by Crippen LogP contribution is 1.96. The van der Waals surface area contributed by atoms with Crippen LogP contribution in [-0.2, 0) is 6.54 Å². The third-order valence-corrected chi connectivity index (χ3v) is 3.31. The molecule has 0 saturated carbocycles. The molecule has 0 aromatic carbocycles. The van der Waals surface area contributed by atoms with Gasteiger partial charge < -0.3 is 15.2 Å². The van der Waals surface area contributed by atoms with Crippen molar-refractivity contribution in [1.29, 1.82) is 0 Å². The number of rotatable bonds is 6. The van der Waals surface area contributed by atoms with Gasteiger partial charge in [0.25, 0.3) is 5.56 Å². The first kappa shape index (κ1) is 14.0. The van der Waals surface area contributed by atoms with Crippen LogP contribution in [0.3, 0.4) is 0 Å². The van der Waals surface area contributed by atoms with Crippen LogP contribution >= 0.6 is 0 Å². The second-order valence-electron chi connectivity index (χ2n) is 4.79. The highest BCUT2D eigenvalue weighted by Gasteiger charge is 2.09. The molecule has 0 aliphatic carbocycles. The van der Waals surface area contributed by atoms with Crippen LogP contribution in [0.1, 0.15) is 13.3 Å². The quantitative estimate of drug-likeness (QED) is 0.756. The monoisotopic (exact) mass is 265 g/mol. The minimum absolute atomic E-state index is 0.0235. The Bertz CT molecular complexity index is 439. The Hall–Kier alpha value is -1.40. The van der Waals surface area contributed by atoms with E-state index in [1.807, 2.05) is 0 Å². The van der Waals surface area contributed by atoms with Crippen molar-refractivity contribution in [3.8, 4) is 0 Å². The molecule has 0 atom stereocenters. The number of hydrogen-bond acceptors (Lipinski definition) is 5. The molecule has 0 amide bonds. The van der Waals surface area contributed by atoms with Gasteiger partial charge in [-0.1, -0.05) is 6.92 Å². The van der Waals surface area contributed by atoms with E-state index in [9.17, 15) is 4.79 Å². The molecule has 1 aliphatic heterocycles. The summed E-state index contributed by atoms with van der Waals surface area (Å²) in [6.07, 6.45) is 4.38.